The first-order chi connectivity index (χ1) is 22.1. The van der Waals surface area contributed by atoms with Crippen molar-refractivity contribution in [1.29, 1.82) is 0 Å². The second-order valence-corrected chi connectivity index (χ2v) is 15.9. The van der Waals surface area contributed by atoms with Crippen LogP contribution in [0.5, 0.6) is 0 Å². The number of likely N-dealkylation sites (tertiary alicyclic amines) is 1. The zero-order chi connectivity index (χ0) is 34.0. The lowest BCUT2D eigenvalue weighted by Gasteiger charge is -2.42. The number of piperidine rings is 1. The lowest BCUT2D eigenvalue weighted by molar-refractivity contribution is 0.0503. The van der Waals surface area contributed by atoms with E-state index in [1.807, 2.05) is 20.8 Å². The molecular weight excluding hydrogens is 610 g/mol. The van der Waals surface area contributed by atoms with Gasteiger partial charge in [0.15, 0.2) is 0 Å². The Bertz CT molecular complexity index is 1550. The fourth-order valence-electron chi connectivity index (χ4n) is 7.01. The molecule has 2 aliphatic heterocycles. The number of halogens is 1. The molecular formula is C37H52ClN7O2. The normalized spacial score (nSPS) is 21.0. The van der Waals surface area contributed by atoms with Crippen LogP contribution in [0.25, 0.3) is 11.3 Å². The van der Waals surface area contributed by atoms with E-state index in [0.717, 1.165) is 56.8 Å². The molecule has 2 fully saturated rings. The van der Waals surface area contributed by atoms with Crippen LogP contribution in [0.1, 0.15) is 97.4 Å². The van der Waals surface area contributed by atoms with E-state index in [1.165, 1.54) is 35.9 Å². The SMILES string of the molecule is CC(C)(C)OC(=O)NC1CCN(C2CCN(c3ncnc(Cl)n3)CC2)C1.Cc1cccc(-c2ccc3c(c2)C(C)(C)CCC3(C)C)n1. The number of fused-ring (bicyclic) bond motifs is 1. The summed E-state index contributed by atoms with van der Waals surface area (Å²) in [6, 6.07) is 13.9. The largest absolute Gasteiger partial charge is 0.444 e. The molecule has 47 heavy (non-hydrogen) atoms. The van der Waals surface area contributed by atoms with Gasteiger partial charge in [-0.05, 0) is 112 Å². The van der Waals surface area contributed by atoms with Crippen molar-refractivity contribution >= 4 is 23.6 Å². The van der Waals surface area contributed by atoms with E-state index >= 15 is 0 Å². The van der Waals surface area contributed by atoms with E-state index in [0.29, 0.717) is 12.0 Å². The maximum absolute atomic E-state index is 11.9. The first kappa shape index (κ1) is 35.0. The molecule has 2 saturated heterocycles. The Morgan fingerprint density at radius 2 is 1.64 bits per heavy atom. The van der Waals surface area contributed by atoms with Crippen LogP contribution in [-0.2, 0) is 15.6 Å². The van der Waals surface area contributed by atoms with Crippen molar-refractivity contribution in [1.82, 2.24) is 30.2 Å². The van der Waals surface area contributed by atoms with Gasteiger partial charge in [0.2, 0.25) is 11.2 Å². The van der Waals surface area contributed by atoms with Gasteiger partial charge in [0.05, 0.1) is 5.69 Å². The van der Waals surface area contributed by atoms with Crippen LogP contribution in [0.15, 0.2) is 42.7 Å². The van der Waals surface area contributed by atoms with E-state index in [-0.39, 0.29) is 28.2 Å². The summed E-state index contributed by atoms with van der Waals surface area (Å²) in [5.41, 5.74) is 6.47. The third-order valence-corrected chi connectivity index (χ3v) is 9.95. The van der Waals surface area contributed by atoms with E-state index in [9.17, 15) is 4.79 Å². The van der Waals surface area contributed by atoms with E-state index in [4.69, 9.17) is 16.3 Å². The van der Waals surface area contributed by atoms with E-state index < -0.39 is 5.60 Å². The van der Waals surface area contributed by atoms with Crippen LogP contribution >= 0.6 is 11.6 Å². The molecule has 6 rings (SSSR count). The Labute approximate surface area is 285 Å². The smallest absolute Gasteiger partial charge is 0.407 e. The zero-order valence-corrected chi connectivity index (χ0v) is 30.2. The molecule has 1 unspecified atom stereocenters. The molecule has 9 nitrogen and oxygen atoms in total. The first-order valence-corrected chi connectivity index (χ1v) is 17.4. The van der Waals surface area contributed by atoms with Crippen LogP contribution < -0.4 is 10.2 Å². The molecule has 1 atom stereocenters. The number of nitrogens with one attached hydrogen (secondary N) is 1. The fraction of sp³-hybridized carbons (Fsp3) is 0.595. The summed E-state index contributed by atoms with van der Waals surface area (Å²) in [7, 11) is 0. The number of rotatable bonds is 4. The first-order valence-electron chi connectivity index (χ1n) is 17.0. The monoisotopic (exact) mass is 661 g/mol. The maximum Gasteiger partial charge on any atom is 0.407 e. The van der Waals surface area contributed by atoms with Crippen molar-refractivity contribution < 1.29 is 9.53 Å². The van der Waals surface area contributed by atoms with Crippen LogP contribution in [0, 0.1) is 6.92 Å². The molecule has 1 N–H and O–H groups in total. The third kappa shape index (κ3) is 8.99. The van der Waals surface area contributed by atoms with Gasteiger partial charge >= 0.3 is 6.09 Å². The van der Waals surface area contributed by atoms with Gasteiger partial charge in [0, 0.05) is 49.5 Å². The molecule has 10 heteroatoms. The zero-order valence-electron chi connectivity index (χ0n) is 29.4. The number of ether oxygens (including phenoxy) is 1. The minimum Gasteiger partial charge on any atom is -0.444 e. The standard InChI is InChI=1S/C20H25N.C17H27ClN6O2/c1-14-7-6-8-18(21-14)15-9-10-16-17(13-15)20(4,5)12-11-19(16,2)3;1-17(2,3)26-16(25)21-12-4-7-24(10-12)13-5-8-23(9-6-13)15-20-11-19-14(18)22-15/h6-10,13H,11-12H2,1-5H3;11-13H,4-10H2,1-3H3,(H,21,25). The number of alkyl carbamates (subject to hydrolysis) is 1. The van der Waals surface area contributed by atoms with Gasteiger partial charge in [0.25, 0.3) is 0 Å². The Hall–Kier alpha value is -3.30. The number of benzene rings is 1. The third-order valence-electron chi connectivity index (χ3n) is 9.77. The topological polar surface area (TPSA) is 96.4 Å². The molecule has 0 radical (unpaired) electrons. The van der Waals surface area contributed by atoms with Crippen LogP contribution in [0.4, 0.5) is 10.7 Å². The second kappa shape index (κ2) is 14.0. The molecule has 254 valence electrons. The molecule has 1 aromatic carbocycles. The lowest BCUT2D eigenvalue weighted by Crippen LogP contribution is -2.46. The Morgan fingerprint density at radius 3 is 2.30 bits per heavy atom. The number of amides is 1. The highest BCUT2D eigenvalue weighted by Gasteiger charge is 2.37. The van der Waals surface area contributed by atoms with Gasteiger partial charge in [-0.25, -0.2) is 14.8 Å². The maximum atomic E-state index is 11.9. The summed E-state index contributed by atoms with van der Waals surface area (Å²) in [5.74, 6) is 0.648. The minimum absolute atomic E-state index is 0.158. The van der Waals surface area contributed by atoms with Gasteiger partial charge in [-0.3, -0.25) is 9.88 Å². The summed E-state index contributed by atoms with van der Waals surface area (Å²) < 4.78 is 5.35. The number of hydrogen-bond donors (Lipinski definition) is 1. The summed E-state index contributed by atoms with van der Waals surface area (Å²) >= 11 is 5.85. The van der Waals surface area contributed by atoms with Crippen molar-refractivity contribution in [3.05, 3.63) is 64.8 Å². The van der Waals surface area contributed by atoms with Crippen LogP contribution in [0.3, 0.4) is 0 Å². The van der Waals surface area contributed by atoms with Crippen LogP contribution in [-0.4, -0.2) is 74.8 Å². The van der Waals surface area contributed by atoms with Gasteiger partial charge < -0.3 is 15.0 Å². The number of pyridine rings is 1. The molecule has 0 saturated carbocycles. The summed E-state index contributed by atoms with van der Waals surface area (Å²) in [5, 5.41) is 3.22. The molecule has 1 amide bonds. The molecule has 3 aliphatic rings. The predicted molar refractivity (Wildman–Crippen MR) is 189 cm³/mol. The Morgan fingerprint density at radius 1 is 0.936 bits per heavy atom. The summed E-state index contributed by atoms with van der Waals surface area (Å²) in [6.07, 6.45) is 6.68. The minimum atomic E-state index is -0.465. The summed E-state index contributed by atoms with van der Waals surface area (Å²) in [6.45, 7) is 20.8. The highest BCUT2D eigenvalue weighted by Crippen LogP contribution is 2.46. The molecule has 1 aliphatic carbocycles. The number of nitrogens with zero attached hydrogens (tertiary/aromatic N) is 6. The van der Waals surface area contributed by atoms with Gasteiger partial charge in [-0.15, -0.1) is 0 Å². The number of aromatic nitrogens is 4. The average molecular weight is 662 g/mol. The van der Waals surface area contributed by atoms with Crippen LogP contribution in [0.2, 0.25) is 5.28 Å². The van der Waals surface area contributed by atoms with Crippen molar-refractivity contribution in [2.45, 2.75) is 116 Å². The van der Waals surface area contributed by atoms with E-state index in [1.54, 1.807) is 0 Å². The van der Waals surface area contributed by atoms with Crippen molar-refractivity contribution in [2.24, 2.45) is 0 Å². The molecule has 0 spiro atoms. The molecule has 2 aromatic heterocycles. The number of carbonyl (C=O) groups is 1. The van der Waals surface area contributed by atoms with Gasteiger partial charge in [-0.1, -0.05) is 45.9 Å². The van der Waals surface area contributed by atoms with E-state index in [2.05, 4.69) is 106 Å². The van der Waals surface area contributed by atoms with Crippen molar-refractivity contribution in [2.75, 3.05) is 31.1 Å². The Kier molecular flexibility index (Phi) is 10.5. The number of hydrogen-bond acceptors (Lipinski definition) is 8. The second-order valence-electron chi connectivity index (χ2n) is 15.6. The number of carbonyl (C=O) groups excluding carboxylic acids is 1. The summed E-state index contributed by atoms with van der Waals surface area (Å²) in [4.78, 5) is 33.5. The lowest BCUT2D eigenvalue weighted by atomic mass is 9.63. The highest BCUT2D eigenvalue weighted by atomic mass is 35.5. The predicted octanol–water partition coefficient (Wildman–Crippen LogP) is 7.50. The number of anilines is 1. The van der Waals surface area contributed by atoms with Crippen molar-refractivity contribution in [3.63, 3.8) is 0 Å². The molecule has 0 bridgehead atoms. The van der Waals surface area contributed by atoms with Crippen molar-refractivity contribution in [3.8, 4) is 11.3 Å². The molecule has 4 heterocycles. The average Bonchev–Trinajstić information content (AvgIpc) is 3.47. The Balaban J connectivity index is 0.000000189. The van der Waals surface area contributed by atoms with Gasteiger partial charge in [-0.2, -0.15) is 4.98 Å². The molecule has 3 aromatic rings. The highest BCUT2D eigenvalue weighted by molar-refractivity contribution is 6.28. The quantitative estimate of drug-likeness (QED) is 0.307. The number of aryl methyl sites for hydroxylation is 1. The fourth-order valence-corrected chi connectivity index (χ4v) is 7.13. The van der Waals surface area contributed by atoms with Gasteiger partial charge in [0.1, 0.15) is 11.9 Å².